The summed E-state index contributed by atoms with van der Waals surface area (Å²) < 4.78 is 2.26. The topological polar surface area (TPSA) is 66.2 Å². The number of aryl methyl sites for hydroxylation is 1. The monoisotopic (exact) mass is 448 g/mol. The molecule has 0 radical (unpaired) electrons. The van der Waals surface area contributed by atoms with Crippen LogP contribution in [-0.2, 0) is 13.1 Å². The summed E-state index contributed by atoms with van der Waals surface area (Å²) in [5.41, 5.74) is 3.73. The van der Waals surface area contributed by atoms with Crippen molar-refractivity contribution in [3.63, 3.8) is 0 Å². The van der Waals surface area contributed by atoms with Crippen molar-refractivity contribution in [1.82, 2.24) is 29.6 Å². The zero-order valence-corrected chi connectivity index (χ0v) is 18.8. The molecule has 0 N–H and O–H groups in total. The zero-order chi connectivity index (χ0) is 21.4. The lowest BCUT2D eigenvalue weighted by atomic mass is 9.73. The van der Waals surface area contributed by atoms with E-state index in [1.165, 1.54) is 18.4 Å². The van der Waals surface area contributed by atoms with Gasteiger partial charge in [-0.2, -0.15) is 0 Å². The second-order valence-electron chi connectivity index (χ2n) is 9.87. The molecule has 8 nitrogen and oxygen atoms in total. The molecule has 5 heterocycles. The van der Waals surface area contributed by atoms with Crippen molar-refractivity contribution in [3.05, 3.63) is 52.6 Å². The lowest BCUT2D eigenvalue weighted by molar-refractivity contribution is 0.152. The normalized spacial score (nSPS) is 21.6. The second-order valence-corrected chi connectivity index (χ2v) is 10.3. The highest BCUT2D eigenvalue weighted by Gasteiger charge is 2.54. The van der Waals surface area contributed by atoms with E-state index >= 15 is 0 Å². The number of hydrogen-bond donors (Lipinski definition) is 0. The third-order valence-electron chi connectivity index (χ3n) is 7.23. The van der Waals surface area contributed by atoms with Gasteiger partial charge in [0.25, 0.3) is 0 Å². The average molecular weight is 449 g/mol. The molecule has 4 aliphatic rings. The molecule has 3 aliphatic heterocycles. The highest BCUT2D eigenvalue weighted by atomic mass is 35.5. The number of benzene rings is 1. The van der Waals surface area contributed by atoms with Gasteiger partial charge in [-0.25, -0.2) is 9.97 Å². The third-order valence-corrected chi connectivity index (χ3v) is 7.46. The fourth-order valence-electron chi connectivity index (χ4n) is 5.51. The molecule has 32 heavy (non-hydrogen) atoms. The largest absolute Gasteiger partial charge is 0.339 e. The van der Waals surface area contributed by atoms with Gasteiger partial charge < -0.3 is 9.80 Å². The van der Waals surface area contributed by atoms with Crippen LogP contribution in [0.25, 0.3) is 5.69 Å². The summed E-state index contributed by atoms with van der Waals surface area (Å²) in [6.45, 7) is 7.73. The molecule has 1 saturated carbocycles. The summed E-state index contributed by atoms with van der Waals surface area (Å²) in [7, 11) is 0. The Morgan fingerprint density at radius 2 is 1.81 bits per heavy atom. The lowest BCUT2D eigenvalue weighted by Crippen LogP contribution is -2.73. The van der Waals surface area contributed by atoms with Crippen LogP contribution in [0, 0.1) is 12.3 Å². The minimum absolute atomic E-state index is 0.299. The van der Waals surface area contributed by atoms with Gasteiger partial charge in [0.15, 0.2) is 5.82 Å². The molecule has 0 atom stereocenters. The third kappa shape index (κ3) is 2.93. The highest BCUT2D eigenvalue weighted by Crippen LogP contribution is 2.44. The molecule has 1 spiro atoms. The van der Waals surface area contributed by atoms with E-state index in [9.17, 15) is 0 Å². The standard InChI is InChI=1S/C23H25ClN8/c1-15-6-7-25-21(26-15)30-11-23(12-30)13-31(14-23)22-28-27-20-10-29(18-3-4-18)9-16-8-17(24)2-5-19(16)32(20)22/h2,5-8,18H,3-4,9-14H2,1H3. The molecule has 2 saturated heterocycles. The van der Waals surface area contributed by atoms with Crippen LogP contribution < -0.4 is 9.80 Å². The van der Waals surface area contributed by atoms with Crippen molar-refractivity contribution < 1.29 is 0 Å². The molecule has 1 aliphatic carbocycles. The first kappa shape index (κ1) is 18.8. The predicted molar refractivity (Wildman–Crippen MR) is 122 cm³/mol. The second kappa shape index (κ2) is 6.65. The van der Waals surface area contributed by atoms with E-state index in [1.54, 1.807) is 0 Å². The SMILES string of the molecule is Cc1ccnc(N2CC3(C2)CN(c2nnc4n2-c2ccc(Cl)cc2CN(C2CC2)C4)C3)n1. The average Bonchev–Trinajstić information content (AvgIpc) is 3.50. The first-order valence-corrected chi connectivity index (χ1v) is 11.7. The molecule has 3 fully saturated rings. The van der Waals surface area contributed by atoms with Crippen molar-refractivity contribution >= 4 is 23.5 Å². The maximum absolute atomic E-state index is 6.37. The number of fused-ring (bicyclic) bond motifs is 3. The summed E-state index contributed by atoms with van der Waals surface area (Å²) in [4.78, 5) is 16.2. The van der Waals surface area contributed by atoms with Crippen LogP contribution in [0.3, 0.4) is 0 Å². The molecule has 9 heteroatoms. The van der Waals surface area contributed by atoms with Gasteiger partial charge in [0.1, 0.15) is 0 Å². The van der Waals surface area contributed by atoms with Crippen molar-refractivity contribution in [1.29, 1.82) is 0 Å². The number of nitrogens with zero attached hydrogens (tertiary/aromatic N) is 8. The molecule has 0 amide bonds. The summed E-state index contributed by atoms with van der Waals surface area (Å²) in [6, 6.07) is 8.81. The van der Waals surface area contributed by atoms with Crippen molar-refractivity contribution in [2.45, 2.75) is 38.9 Å². The number of anilines is 2. The van der Waals surface area contributed by atoms with Crippen LogP contribution in [0.2, 0.25) is 5.02 Å². The molecule has 164 valence electrons. The van der Waals surface area contributed by atoms with Crippen LogP contribution in [-0.4, -0.2) is 61.9 Å². The smallest absolute Gasteiger partial charge is 0.231 e. The summed E-state index contributed by atoms with van der Waals surface area (Å²) in [5, 5.41) is 10.1. The van der Waals surface area contributed by atoms with Crippen LogP contribution in [0.4, 0.5) is 11.9 Å². The van der Waals surface area contributed by atoms with E-state index in [0.29, 0.717) is 11.5 Å². The van der Waals surface area contributed by atoms with Gasteiger partial charge in [0.2, 0.25) is 11.9 Å². The Hall–Kier alpha value is -2.71. The van der Waals surface area contributed by atoms with E-state index in [4.69, 9.17) is 11.6 Å². The molecular formula is C23H25ClN8. The summed E-state index contributed by atoms with van der Waals surface area (Å²) in [6.07, 6.45) is 4.38. The zero-order valence-electron chi connectivity index (χ0n) is 18.1. The predicted octanol–water partition coefficient (Wildman–Crippen LogP) is 2.82. The Balaban J connectivity index is 1.15. The van der Waals surface area contributed by atoms with Gasteiger partial charge in [-0.1, -0.05) is 11.6 Å². The quantitative estimate of drug-likeness (QED) is 0.610. The molecular weight excluding hydrogens is 424 g/mol. The number of aromatic nitrogens is 5. The molecule has 3 aromatic rings. The Bertz CT molecular complexity index is 1200. The summed E-state index contributed by atoms with van der Waals surface area (Å²) in [5.74, 6) is 2.82. The van der Waals surface area contributed by atoms with Crippen molar-refractivity contribution in [2.75, 3.05) is 36.0 Å². The highest BCUT2D eigenvalue weighted by molar-refractivity contribution is 6.30. The van der Waals surface area contributed by atoms with E-state index in [1.807, 2.05) is 25.3 Å². The molecule has 0 unspecified atom stereocenters. The Morgan fingerprint density at radius 1 is 1.00 bits per heavy atom. The fraction of sp³-hybridized carbons (Fsp3) is 0.478. The van der Waals surface area contributed by atoms with Gasteiger partial charge in [0.05, 0.1) is 12.2 Å². The maximum atomic E-state index is 6.37. The van der Waals surface area contributed by atoms with E-state index in [-0.39, 0.29) is 0 Å². The number of hydrogen-bond acceptors (Lipinski definition) is 7. The first-order valence-electron chi connectivity index (χ1n) is 11.3. The number of rotatable bonds is 3. The van der Waals surface area contributed by atoms with Crippen LogP contribution in [0.1, 0.15) is 29.9 Å². The molecule has 1 aromatic carbocycles. The Morgan fingerprint density at radius 3 is 2.59 bits per heavy atom. The molecule has 2 aromatic heterocycles. The van der Waals surface area contributed by atoms with Crippen molar-refractivity contribution in [3.8, 4) is 5.69 Å². The molecule has 0 bridgehead atoms. The minimum atomic E-state index is 0.299. The van der Waals surface area contributed by atoms with Gasteiger partial charge in [-0.05, 0) is 49.6 Å². The van der Waals surface area contributed by atoms with Crippen molar-refractivity contribution in [2.24, 2.45) is 5.41 Å². The summed E-state index contributed by atoms with van der Waals surface area (Å²) >= 11 is 6.37. The van der Waals surface area contributed by atoms with Crippen LogP contribution in [0.5, 0.6) is 0 Å². The Kier molecular flexibility index (Phi) is 3.91. The van der Waals surface area contributed by atoms with Crippen LogP contribution in [0.15, 0.2) is 30.5 Å². The molecule has 7 rings (SSSR count). The Labute approximate surface area is 191 Å². The van der Waals surface area contributed by atoms with E-state index in [2.05, 4.69) is 51.6 Å². The van der Waals surface area contributed by atoms with E-state index < -0.39 is 0 Å². The first-order chi connectivity index (χ1) is 15.6. The minimum Gasteiger partial charge on any atom is -0.339 e. The fourth-order valence-corrected chi connectivity index (χ4v) is 5.71. The van der Waals surface area contributed by atoms with Gasteiger partial charge in [-0.3, -0.25) is 9.47 Å². The van der Waals surface area contributed by atoms with Gasteiger partial charge in [-0.15, -0.1) is 10.2 Å². The number of halogens is 1. The van der Waals surface area contributed by atoms with Crippen LogP contribution >= 0.6 is 11.6 Å². The van der Waals surface area contributed by atoms with E-state index in [0.717, 1.165) is 73.4 Å². The van der Waals surface area contributed by atoms with Gasteiger partial charge in [0, 0.05) is 61.1 Å². The maximum Gasteiger partial charge on any atom is 0.231 e. The van der Waals surface area contributed by atoms with Gasteiger partial charge >= 0.3 is 0 Å². The lowest BCUT2D eigenvalue weighted by Gasteiger charge is -2.60.